The lowest BCUT2D eigenvalue weighted by atomic mass is 10.3. The van der Waals surface area contributed by atoms with Gasteiger partial charge in [-0.05, 0) is 24.4 Å². The summed E-state index contributed by atoms with van der Waals surface area (Å²) in [5.41, 5.74) is 0. The summed E-state index contributed by atoms with van der Waals surface area (Å²) < 4.78 is 0. The minimum Gasteiger partial charge on any atom is -0.355 e. The van der Waals surface area contributed by atoms with Crippen molar-refractivity contribution in [2.45, 2.75) is 26.8 Å². The summed E-state index contributed by atoms with van der Waals surface area (Å²) in [6, 6.07) is 4.08. The van der Waals surface area contributed by atoms with Gasteiger partial charge in [0.2, 0.25) is 11.8 Å². The van der Waals surface area contributed by atoms with Gasteiger partial charge >= 0.3 is 0 Å². The molecule has 0 aliphatic carbocycles. The van der Waals surface area contributed by atoms with Gasteiger partial charge in [-0.15, -0.1) is 11.3 Å². The molecule has 0 aromatic carbocycles. The Kier molecular flexibility index (Phi) is 8.00. The highest BCUT2D eigenvalue weighted by molar-refractivity contribution is 7.09. The quantitative estimate of drug-likeness (QED) is 0.753. The number of thiophene rings is 1. The number of nitrogens with zero attached hydrogens (tertiary/aromatic N) is 2. The number of amides is 2. The van der Waals surface area contributed by atoms with Crippen LogP contribution in [-0.2, 0) is 16.1 Å². The summed E-state index contributed by atoms with van der Waals surface area (Å²) in [6.07, 6.45) is 0.897. The Labute approximate surface area is 130 Å². The van der Waals surface area contributed by atoms with Gasteiger partial charge in [-0.2, -0.15) is 0 Å². The topological polar surface area (TPSA) is 52.7 Å². The molecule has 5 nitrogen and oxygen atoms in total. The van der Waals surface area contributed by atoms with Gasteiger partial charge in [0.15, 0.2) is 0 Å². The molecule has 1 aromatic rings. The second-order valence-electron chi connectivity index (χ2n) is 4.98. The number of hydrogen-bond acceptors (Lipinski definition) is 4. The lowest BCUT2D eigenvalue weighted by molar-refractivity contribution is -0.135. The van der Waals surface area contributed by atoms with Crippen molar-refractivity contribution in [1.82, 2.24) is 15.1 Å². The molecular formula is C15H25N3O2S. The van der Waals surface area contributed by atoms with Gasteiger partial charge in [-0.1, -0.05) is 19.9 Å². The minimum atomic E-state index is -0.103. The average molecular weight is 311 g/mol. The maximum Gasteiger partial charge on any atom is 0.239 e. The van der Waals surface area contributed by atoms with Gasteiger partial charge in [0.1, 0.15) is 0 Å². The Morgan fingerprint density at radius 1 is 1.29 bits per heavy atom. The van der Waals surface area contributed by atoms with Gasteiger partial charge in [-0.3, -0.25) is 14.5 Å². The second kappa shape index (κ2) is 9.52. The Bertz CT molecular complexity index is 434. The van der Waals surface area contributed by atoms with E-state index in [0.717, 1.165) is 19.5 Å². The average Bonchev–Trinajstić information content (AvgIpc) is 2.97. The Hall–Kier alpha value is -1.40. The van der Waals surface area contributed by atoms with Crippen molar-refractivity contribution in [3.63, 3.8) is 0 Å². The molecule has 118 valence electrons. The zero-order valence-corrected chi connectivity index (χ0v) is 13.9. The van der Waals surface area contributed by atoms with Gasteiger partial charge in [0.25, 0.3) is 0 Å². The zero-order chi connectivity index (χ0) is 15.7. The Morgan fingerprint density at radius 3 is 2.62 bits per heavy atom. The molecule has 21 heavy (non-hydrogen) atoms. The molecule has 0 aliphatic rings. The van der Waals surface area contributed by atoms with Crippen LogP contribution < -0.4 is 5.32 Å². The lowest BCUT2D eigenvalue weighted by Gasteiger charge is -2.23. The second-order valence-corrected chi connectivity index (χ2v) is 6.01. The lowest BCUT2D eigenvalue weighted by Crippen LogP contribution is -2.43. The zero-order valence-electron chi connectivity index (χ0n) is 13.1. The van der Waals surface area contributed by atoms with Crippen LogP contribution in [0.2, 0.25) is 0 Å². The van der Waals surface area contributed by atoms with E-state index in [-0.39, 0.29) is 18.4 Å². The van der Waals surface area contributed by atoms with E-state index >= 15 is 0 Å². The van der Waals surface area contributed by atoms with Crippen LogP contribution in [-0.4, -0.2) is 54.8 Å². The number of rotatable bonds is 9. The SMILES string of the molecule is CCCNC(=O)CN(C)C(=O)CN(CC)Cc1cccs1. The van der Waals surface area contributed by atoms with E-state index in [9.17, 15) is 9.59 Å². The van der Waals surface area contributed by atoms with E-state index in [0.29, 0.717) is 13.1 Å². The van der Waals surface area contributed by atoms with Crippen molar-refractivity contribution in [3.05, 3.63) is 22.4 Å². The predicted octanol–water partition coefficient (Wildman–Crippen LogP) is 1.55. The number of carbonyl (C=O) groups is 2. The molecular weight excluding hydrogens is 286 g/mol. The summed E-state index contributed by atoms with van der Waals surface area (Å²) >= 11 is 1.69. The Morgan fingerprint density at radius 2 is 2.05 bits per heavy atom. The molecule has 0 saturated heterocycles. The van der Waals surface area contributed by atoms with E-state index in [1.165, 1.54) is 9.78 Å². The van der Waals surface area contributed by atoms with Crippen LogP contribution in [0.25, 0.3) is 0 Å². The third-order valence-electron chi connectivity index (χ3n) is 3.14. The molecule has 0 fully saturated rings. The van der Waals surface area contributed by atoms with Gasteiger partial charge in [-0.25, -0.2) is 0 Å². The van der Waals surface area contributed by atoms with Crippen LogP contribution >= 0.6 is 11.3 Å². The fraction of sp³-hybridized carbons (Fsp3) is 0.600. The molecule has 0 radical (unpaired) electrons. The highest BCUT2D eigenvalue weighted by Crippen LogP contribution is 2.11. The molecule has 0 atom stereocenters. The summed E-state index contributed by atoms with van der Waals surface area (Å²) in [4.78, 5) is 28.6. The van der Waals surface area contributed by atoms with E-state index in [1.54, 1.807) is 18.4 Å². The van der Waals surface area contributed by atoms with Crippen LogP contribution in [0.4, 0.5) is 0 Å². The molecule has 6 heteroatoms. The van der Waals surface area contributed by atoms with Crippen molar-refractivity contribution in [2.24, 2.45) is 0 Å². The number of carbonyl (C=O) groups excluding carboxylic acids is 2. The molecule has 1 aromatic heterocycles. The van der Waals surface area contributed by atoms with Gasteiger partial charge in [0.05, 0.1) is 13.1 Å². The van der Waals surface area contributed by atoms with Crippen molar-refractivity contribution < 1.29 is 9.59 Å². The van der Waals surface area contributed by atoms with E-state index < -0.39 is 0 Å². The van der Waals surface area contributed by atoms with Gasteiger partial charge in [0, 0.05) is 25.0 Å². The summed E-state index contributed by atoms with van der Waals surface area (Å²) in [5.74, 6) is -0.131. The highest BCUT2D eigenvalue weighted by Gasteiger charge is 2.16. The molecule has 1 heterocycles. The molecule has 1 N–H and O–H groups in total. The van der Waals surface area contributed by atoms with Crippen molar-refractivity contribution >= 4 is 23.2 Å². The van der Waals surface area contributed by atoms with Crippen LogP contribution in [0.5, 0.6) is 0 Å². The molecule has 0 spiro atoms. The highest BCUT2D eigenvalue weighted by atomic mass is 32.1. The monoisotopic (exact) mass is 311 g/mol. The molecule has 2 amide bonds. The van der Waals surface area contributed by atoms with Crippen molar-refractivity contribution in [3.8, 4) is 0 Å². The van der Waals surface area contributed by atoms with Crippen LogP contribution in [0.15, 0.2) is 17.5 Å². The van der Waals surface area contributed by atoms with Crippen LogP contribution in [0.3, 0.4) is 0 Å². The largest absolute Gasteiger partial charge is 0.355 e. The summed E-state index contributed by atoms with van der Waals surface area (Å²) in [7, 11) is 1.67. The fourth-order valence-electron chi connectivity index (χ4n) is 1.84. The number of nitrogens with one attached hydrogen (secondary N) is 1. The number of hydrogen-bond donors (Lipinski definition) is 1. The van der Waals surface area contributed by atoms with Gasteiger partial charge < -0.3 is 10.2 Å². The van der Waals surface area contributed by atoms with Crippen molar-refractivity contribution in [1.29, 1.82) is 0 Å². The van der Waals surface area contributed by atoms with Crippen LogP contribution in [0.1, 0.15) is 25.1 Å². The fourth-order valence-corrected chi connectivity index (χ4v) is 2.58. The number of likely N-dealkylation sites (N-methyl/N-ethyl adjacent to an activating group) is 2. The maximum atomic E-state index is 12.2. The maximum absolute atomic E-state index is 12.2. The smallest absolute Gasteiger partial charge is 0.239 e. The van der Waals surface area contributed by atoms with Crippen molar-refractivity contribution in [2.75, 3.05) is 33.2 Å². The Balaban J connectivity index is 2.40. The molecule has 0 bridgehead atoms. The standard InChI is InChI=1S/C15H25N3O2S/c1-4-8-16-14(19)11-17(3)15(20)12-18(5-2)10-13-7-6-9-21-13/h6-7,9H,4-5,8,10-12H2,1-3H3,(H,16,19). The first-order valence-electron chi connectivity index (χ1n) is 7.32. The van der Waals surface area contributed by atoms with E-state index in [2.05, 4.69) is 16.3 Å². The first-order valence-corrected chi connectivity index (χ1v) is 8.20. The normalized spacial score (nSPS) is 10.7. The first kappa shape index (κ1) is 17.7. The molecule has 1 rings (SSSR count). The van der Waals surface area contributed by atoms with E-state index in [1.807, 2.05) is 25.3 Å². The summed E-state index contributed by atoms with van der Waals surface area (Å²) in [5, 5.41) is 4.81. The third-order valence-corrected chi connectivity index (χ3v) is 4.01. The molecule has 0 aliphatic heterocycles. The molecule has 0 unspecified atom stereocenters. The minimum absolute atomic E-state index is 0.0277. The summed E-state index contributed by atoms with van der Waals surface area (Å²) in [6.45, 7) is 6.73. The predicted molar refractivity (Wildman–Crippen MR) is 86.2 cm³/mol. The van der Waals surface area contributed by atoms with E-state index in [4.69, 9.17) is 0 Å². The van der Waals surface area contributed by atoms with Crippen LogP contribution in [0, 0.1) is 0 Å². The third kappa shape index (κ3) is 6.73. The first-order chi connectivity index (χ1) is 10.1. The molecule has 0 saturated carbocycles.